The fraction of sp³-hybridized carbons (Fsp3) is 0.333. The molecule has 0 saturated carbocycles. The van der Waals surface area contributed by atoms with Crippen molar-refractivity contribution in [2.45, 2.75) is 13.3 Å². The van der Waals surface area contributed by atoms with Crippen LogP contribution in [0, 0.1) is 5.92 Å². The number of anilines is 1. The van der Waals surface area contributed by atoms with Crippen LogP contribution in [-0.4, -0.2) is 38.6 Å². The molecule has 0 aliphatic carbocycles. The molecular formula is C18H19NO6. The van der Waals surface area contributed by atoms with Gasteiger partial charge in [-0.25, -0.2) is 9.69 Å². The minimum Gasteiger partial charge on any atom is -0.497 e. The lowest BCUT2D eigenvalue weighted by molar-refractivity contribution is -0.140. The van der Waals surface area contributed by atoms with Gasteiger partial charge in [-0.1, -0.05) is 6.58 Å². The smallest absolute Gasteiger partial charge is 0.342 e. The predicted octanol–water partition coefficient (Wildman–Crippen LogP) is 1.86. The zero-order chi connectivity index (χ0) is 18.6. The molecule has 0 radical (unpaired) electrons. The zero-order valence-electron chi connectivity index (χ0n) is 14.3. The van der Waals surface area contributed by atoms with Crippen molar-refractivity contribution in [1.29, 1.82) is 0 Å². The molecule has 1 heterocycles. The van der Waals surface area contributed by atoms with Gasteiger partial charge in [0.25, 0.3) is 0 Å². The van der Waals surface area contributed by atoms with E-state index in [1.54, 1.807) is 25.1 Å². The Morgan fingerprint density at radius 1 is 1.24 bits per heavy atom. The van der Waals surface area contributed by atoms with Gasteiger partial charge < -0.3 is 14.2 Å². The summed E-state index contributed by atoms with van der Waals surface area (Å²) in [5.74, 6) is -1.79. The van der Waals surface area contributed by atoms with E-state index in [1.165, 1.54) is 14.2 Å². The minimum absolute atomic E-state index is 0.0439. The molecule has 2 amide bonds. The normalized spacial score (nSPS) is 16.4. The largest absolute Gasteiger partial charge is 0.497 e. The average Bonchev–Trinajstić information content (AvgIpc) is 2.89. The Morgan fingerprint density at radius 2 is 1.84 bits per heavy atom. The van der Waals surface area contributed by atoms with Crippen LogP contribution >= 0.6 is 0 Å². The summed E-state index contributed by atoms with van der Waals surface area (Å²) >= 11 is 0. The first-order valence-corrected chi connectivity index (χ1v) is 7.63. The van der Waals surface area contributed by atoms with E-state index in [2.05, 4.69) is 12.3 Å². The van der Waals surface area contributed by atoms with Crippen molar-refractivity contribution in [2.24, 2.45) is 5.92 Å². The molecule has 132 valence electrons. The molecule has 1 aromatic carbocycles. The Hall–Kier alpha value is -3.05. The van der Waals surface area contributed by atoms with Crippen molar-refractivity contribution in [3.63, 3.8) is 0 Å². The summed E-state index contributed by atoms with van der Waals surface area (Å²) in [5.41, 5.74) is 2.70. The highest BCUT2D eigenvalue weighted by molar-refractivity contribution is 6.23. The Labute approximate surface area is 145 Å². The molecule has 1 atom stereocenters. The molecule has 7 heteroatoms. The summed E-state index contributed by atoms with van der Waals surface area (Å²) in [6.45, 7) is 5.23. The number of nitrogens with zero attached hydrogens (tertiary/aromatic N) is 1. The van der Waals surface area contributed by atoms with Gasteiger partial charge in [0.1, 0.15) is 11.5 Å². The molecule has 0 aromatic heterocycles. The lowest BCUT2D eigenvalue weighted by Gasteiger charge is -2.17. The van der Waals surface area contributed by atoms with E-state index in [0.29, 0.717) is 17.2 Å². The van der Waals surface area contributed by atoms with Crippen molar-refractivity contribution in [3.8, 4) is 11.5 Å². The van der Waals surface area contributed by atoms with E-state index in [1.807, 2.05) is 0 Å². The van der Waals surface area contributed by atoms with E-state index in [9.17, 15) is 14.4 Å². The number of amides is 2. The average molecular weight is 345 g/mol. The second-order valence-corrected chi connectivity index (χ2v) is 5.21. The van der Waals surface area contributed by atoms with Gasteiger partial charge in [0.15, 0.2) is 0 Å². The monoisotopic (exact) mass is 345 g/mol. The molecule has 1 aliphatic heterocycles. The number of esters is 1. The van der Waals surface area contributed by atoms with Gasteiger partial charge in [-0.3, -0.25) is 9.59 Å². The van der Waals surface area contributed by atoms with E-state index in [0.717, 1.165) is 4.90 Å². The van der Waals surface area contributed by atoms with Gasteiger partial charge in [0.05, 0.1) is 38.0 Å². The summed E-state index contributed by atoms with van der Waals surface area (Å²) in [6.07, 6.45) is -0.158. The molecule has 1 aromatic rings. The second kappa shape index (κ2) is 7.68. The molecule has 1 fully saturated rings. The molecule has 1 aliphatic rings. The van der Waals surface area contributed by atoms with Crippen LogP contribution in [0.4, 0.5) is 5.69 Å². The first-order chi connectivity index (χ1) is 12.0. The highest BCUT2D eigenvalue weighted by Gasteiger charge is 2.44. The van der Waals surface area contributed by atoms with Crippen molar-refractivity contribution < 1.29 is 28.6 Å². The summed E-state index contributed by atoms with van der Waals surface area (Å²) in [4.78, 5) is 38.1. The Bertz CT molecular complexity index is 741. The van der Waals surface area contributed by atoms with Gasteiger partial charge in [-0.05, 0) is 6.92 Å². The van der Waals surface area contributed by atoms with E-state index < -0.39 is 23.7 Å². The van der Waals surface area contributed by atoms with Crippen molar-refractivity contribution in [2.75, 3.05) is 25.7 Å². The van der Waals surface area contributed by atoms with Crippen molar-refractivity contribution >= 4 is 23.5 Å². The summed E-state index contributed by atoms with van der Waals surface area (Å²) in [7, 11) is 2.93. The van der Waals surface area contributed by atoms with Gasteiger partial charge in [0, 0.05) is 24.6 Å². The predicted molar refractivity (Wildman–Crippen MR) is 89.4 cm³/mol. The first kappa shape index (κ1) is 18.3. The SMILES string of the molecule is C=C=C(C(=O)OCC)[C@H]1CC(=O)N(c2cc(OC)cc(OC)c2)C1=O. The van der Waals surface area contributed by atoms with E-state index in [-0.39, 0.29) is 18.6 Å². The standard InChI is InChI=1S/C18H19NO6/c1-5-14(18(22)25-6-2)15-10-16(20)19(17(15)21)11-7-12(23-3)9-13(8-11)24-4/h7-9,15H,1,6,10H2,2-4H3/t15-/m1/s1. The molecule has 2 rings (SSSR count). The fourth-order valence-electron chi connectivity index (χ4n) is 2.60. The van der Waals surface area contributed by atoms with Crippen molar-refractivity contribution in [3.05, 3.63) is 36.1 Å². The topological polar surface area (TPSA) is 82.1 Å². The number of hydrogen-bond donors (Lipinski definition) is 0. The van der Waals surface area contributed by atoms with Gasteiger partial charge >= 0.3 is 5.97 Å². The third-order valence-corrected chi connectivity index (χ3v) is 3.78. The quantitative estimate of drug-likeness (QED) is 0.339. The number of imide groups is 1. The molecule has 0 N–H and O–H groups in total. The highest BCUT2D eigenvalue weighted by Crippen LogP contribution is 2.35. The molecule has 0 unspecified atom stereocenters. The Morgan fingerprint density at radius 3 is 2.32 bits per heavy atom. The van der Waals surface area contributed by atoms with E-state index >= 15 is 0 Å². The number of rotatable bonds is 6. The zero-order valence-corrected chi connectivity index (χ0v) is 14.3. The maximum atomic E-state index is 12.8. The molecule has 1 saturated heterocycles. The molecule has 25 heavy (non-hydrogen) atoms. The summed E-state index contributed by atoms with van der Waals surface area (Å²) in [5, 5.41) is 0. The van der Waals surface area contributed by atoms with Crippen molar-refractivity contribution in [1.82, 2.24) is 0 Å². The van der Waals surface area contributed by atoms with Crippen LogP contribution in [0.15, 0.2) is 36.1 Å². The molecule has 0 spiro atoms. The fourth-order valence-corrected chi connectivity index (χ4v) is 2.60. The van der Waals surface area contributed by atoms with Crippen LogP contribution in [0.25, 0.3) is 0 Å². The van der Waals surface area contributed by atoms with Crippen LogP contribution in [0.5, 0.6) is 11.5 Å². The number of benzene rings is 1. The molecule has 7 nitrogen and oxygen atoms in total. The maximum absolute atomic E-state index is 12.8. The summed E-state index contributed by atoms with van der Waals surface area (Å²) < 4.78 is 15.2. The molecule has 0 bridgehead atoms. The Kier molecular flexibility index (Phi) is 5.62. The second-order valence-electron chi connectivity index (χ2n) is 5.21. The lowest BCUT2D eigenvalue weighted by atomic mass is 9.98. The van der Waals surface area contributed by atoms with E-state index in [4.69, 9.17) is 14.2 Å². The highest BCUT2D eigenvalue weighted by atomic mass is 16.5. The number of methoxy groups -OCH3 is 2. The van der Waals surface area contributed by atoms with Crippen LogP contribution in [0.2, 0.25) is 0 Å². The summed E-state index contributed by atoms with van der Waals surface area (Å²) in [6, 6.07) is 4.71. The number of carbonyl (C=O) groups excluding carboxylic acids is 3. The van der Waals surface area contributed by atoms with Gasteiger partial charge in [0.2, 0.25) is 11.8 Å². The maximum Gasteiger partial charge on any atom is 0.342 e. The first-order valence-electron chi connectivity index (χ1n) is 7.63. The third kappa shape index (κ3) is 3.56. The van der Waals surface area contributed by atoms with Crippen LogP contribution < -0.4 is 14.4 Å². The number of carbonyl (C=O) groups is 3. The van der Waals surface area contributed by atoms with Gasteiger partial charge in [-0.2, -0.15) is 0 Å². The van der Waals surface area contributed by atoms with Crippen LogP contribution in [-0.2, 0) is 19.1 Å². The Balaban J connectivity index is 2.39. The van der Waals surface area contributed by atoms with Crippen LogP contribution in [0.1, 0.15) is 13.3 Å². The van der Waals surface area contributed by atoms with Gasteiger partial charge in [-0.15, -0.1) is 5.73 Å². The minimum atomic E-state index is -0.971. The van der Waals surface area contributed by atoms with Crippen LogP contribution in [0.3, 0.4) is 0 Å². The lowest BCUT2D eigenvalue weighted by Crippen LogP contribution is -2.31. The molecular weight excluding hydrogens is 326 g/mol. The number of hydrogen-bond acceptors (Lipinski definition) is 6. The third-order valence-electron chi connectivity index (χ3n) is 3.78. The number of ether oxygens (including phenoxy) is 3.